The fourth-order valence-electron chi connectivity index (χ4n) is 1.90. The molecule has 0 bridgehead atoms. The summed E-state index contributed by atoms with van der Waals surface area (Å²) in [6, 6.07) is 6.39. The molecule has 1 aromatic carbocycles. The summed E-state index contributed by atoms with van der Waals surface area (Å²) in [7, 11) is -0.414. The average Bonchev–Trinajstić information content (AvgIpc) is 3.00. The highest BCUT2D eigenvalue weighted by molar-refractivity contribution is 7.99. The first-order chi connectivity index (χ1) is 11.6. The van der Waals surface area contributed by atoms with Gasteiger partial charge in [-0.2, -0.15) is 0 Å². The molecule has 0 spiro atoms. The van der Waals surface area contributed by atoms with Gasteiger partial charge in [0.1, 0.15) is 5.75 Å². The quantitative estimate of drug-likeness (QED) is 0.531. The molecule has 0 aliphatic heterocycles. The first-order valence-electron chi connectivity index (χ1n) is 7.69. The van der Waals surface area contributed by atoms with E-state index >= 15 is 0 Å². The van der Waals surface area contributed by atoms with Crippen molar-refractivity contribution in [3.63, 3.8) is 0 Å². The van der Waals surface area contributed by atoms with Crippen molar-refractivity contribution in [2.75, 3.05) is 26.5 Å². The van der Waals surface area contributed by atoms with Crippen molar-refractivity contribution in [3.8, 4) is 5.75 Å². The molecule has 0 aliphatic carbocycles. The van der Waals surface area contributed by atoms with E-state index in [2.05, 4.69) is 15.5 Å². The Kier molecular flexibility index (Phi) is 6.07. The Morgan fingerprint density at radius 3 is 2.40 bits per heavy atom. The molecule has 1 aromatic heterocycles. The summed E-state index contributed by atoms with van der Waals surface area (Å²) in [5, 5.41) is 12.5. The lowest BCUT2D eigenvalue weighted by molar-refractivity contribution is 0.320. The predicted molar refractivity (Wildman–Crippen MR) is 96.3 cm³/mol. The number of benzene rings is 1. The number of rotatable bonds is 7. The fraction of sp³-hybridized carbons (Fsp3) is 0.533. The molecule has 0 N–H and O–H groups in total. The number of sulfonamides is 1. The topological polar surface area (TPSA) is 90.2 Å². The van der Waals surface area contributed by atoms with Crippen LogP contribution in [-0.4, -0.2) is 59.4 Å². The molecule has 138 valence electrons. The summed E-state index contributed by atoms with van der Waals surface area (Å²) in [6.45, 7) is 6.56. The zero-order valence-corrected chi connectivity index (χ0v) is 16.6. The van der Waals surface area contributed by atoms with Crippen LogP contribution in [0.4, 0.5) is 0 Å². The second kappa shape index (κ2) is 7.71. The molecule has 0 saturated heterocycles. The molecular formula is C15H23N5O3S2. The van der Waals surface area contributed by atoms with Crippen molar-refractivity contribution in [2.24, 2.45) is 0 Å². The van der Waals surface area contributed by atoms with Crippen molar-refractivity contribution in [2.45, 2.75) is 36.4 Å². The number of hydrogen-bond acceptors (Lipinski definition) is 7. The maximum Gasteiger partial charge on any atom is 0.242 e. The van der Waals surface area contributed by atoms with Crippen LogP contribution in [0.25, 0.3) is 0 Å². The second-order valence-electron chi connectivity index (χ2n) is 6.50. The van der Waals surface area contributed by atoms with E-state index in [0.29, 0.717) is 18.1 Å². The zero-order valence-electron chi connectivity index (χ0n) is 15.0. The van der Waals surface area contributed by atoms with Crippen molar-refractivity contribution >= 4 is 21.8 Å². The van der Waals surface area contributed by atoms with Gasteiger partial charge in [-0.05, 0) is 55.5 Å². The van der Waals surface area contributed by atoms with Crippen LogP contribution in [0, 0.1) is 0 Å². The third-order valence-electron chi connectivity index (χ3n) is 3.26. The van der Waals surface area contributed by atoms with Gasteiger partial charge >= 0.3 is 0 Å². The van der Waals surface area contributed by atoms with Crippen molar-refractivity contribution < 1.29 is 13.2 Å². The van der Waals surface area contributed by atoms with Gasteiger partial charge in [-0.3, -0.25) is 0 Å². The molecule has 0 aliphatic rings. The molecule has 1 heterocycles. The Hall–Kier alpha value is -1.65. The van der Waals surface area contributed by atoms with Gasteiger partial charge in [-0.1, -0.05) is 11.8 Å². The van der Waals surface area contributed by atoms with E-state index < -0.39 is 10.0 Å². The van der Waals surface area contributed by atoms with Crippen LogP contribution in [0.2, 0.25) is 0 Å². The lowest BCUT2D eigenvalue weighted by Crippen LogP contribution is -2.24. The summed E-state index contributed by atoms with van der Waals surface area (Å²) in [5.41, 5.74) is -0.180. The van der Waals surface area contributed by atoms with Crippen LogP contribution in [0.1, 0.15) is 20.8 Å². The molecule has 10 heteroatoms. The van der Waals surface area contributed by atoms with Gasteiger partial charge in [0, 0.05) is 19.8 Å². The Morgan fingerprint density at radius 2 is 1.84 bits per heavy atom. The van der Waals surface area contributed by atoms with E-state index in [1.54, 1.807) is 16.8 Å². The lowest BCUT2D eigenvalue weighted by Gasteiger charge is -2.19. The Balaban J connectivity index is 1.88. The maximum atomic E-state index is 12.0. The smallest absolute Gasteiger partial charge is 0.242 e. The summed E-state index contributed by atoms with van der Waals surface area (Å²) in [4.78, 5) is 0.239. The third kappa shape index (κ3) is 4.93. The van der Waals surface area contributed by atoms with E-state index in [1.165, 1.54) is 42.3 Å². The monoisotopic (exact) mass is 385 g/mol. The molecule has 0 radical (unpaired) electrons. The maximum absolute atomic E-state index is 12.0. The van der Waals surface area contributed by atoms with Gasteiger partial charge in [0.2, 0.25) is 15.2 Å². The van der Waals surface area contributed by atoms with E-state index in [0.717, 1.165) is 5.16 Å². The number of tetrazole rings is 1. The Bertz CT molecular complexity index is 795. The van der Waals surface area contributed by atoms with E-state index in [9.17, 15) is 8.42 Å². The minimum absolute atomic E-state index is 0.180. The molecule has 0 unspecified atom stereocenters. The van der Waals surface area contributed by atoms with Crippen molar-refractivity contribution in [1.82, 2.24) is 24.5 Å². The van der Waals surface area contributed by atoms with Crippen LogP contribution in [0.15, 0.2) is 34.3 Å². The molecule has 25 heavy (non-hydrogen) atoms. The first kappa shape index (κ1) is 19.7. The minimum Gasteiger partial charge on any atom is -0.493 e. The lowest BCUT2D eigenvalue weighted by atomic mass is 10.1. The first-order valence-corrected chi connectivity index (χ1v) is 10.1. The minimum atomic E-state index is -3.42. The van der Waals surface area contributed by atoms with Crippen LogP contribution in [0.5, 0.6) is 5.75 Å². The van der Waals surface area contributed by atoms with Crippen molar-refractivity contribution in [1.29, 1.82) is 0 Å². The SMILES string of the molecule is CN(C)S(=O)(=O)c1ccc(OCCSc2nnnn2C(C)(C)C)cc1. The number of nitrogens with zero attached hydrogens (tertiary/aromatic N) is 5. The number of hydrogen-bond donors (Lipinski definition) is 0. The Labute approximate surface area is 152 Å². The molecule has 8 nitrogen and oxygen atoms in total. The standard InChI is InChI=1S/C15H23N5O3S2/c1-15(2,3)20-14(16-17-18-20)24-11-10-23-12-6-8-13(9-7-12)25(21,22)19(4)5/h6-9H,10-11H2,1-5H3. The molecule has 0 atom stereocenters. The van der Waals surface area contributed by atoms with E-state index in [4.69, 9.17) is 4.74 Å². The normalized spacial score (nSPS) is 12.6. The van der Waals surface area contributed by atoms with Crippen LogP contribution in [-0.2, 0) is 15.6 Å². The zero-order chi connectivity index (χ0) is 18.7. The van der Waals surface area contributed by atoms with Gasteiger partial charge in [-0.25, -0.2) is 17.4 Å². The van der Waals surface area contributed by atoms with Gasteiger partial charge in [0.25, 0.3) is 0 Å². The highest BCUT2D eigenvalue weighted by atomic mass is 32.2. The number of thioether (sulfide) groups is 1. The highest BCUT2D eigenvalue weighted by Crippen LogP contribution is 2.22. The number of aromatic nitrogens is 4. The van der Waals surface area contributed by atoms with Gasteiger partial charge < -0.3 is 4.74 Å². The summed E-state index contributed by atoms with van der Waals surface area (Å²) in [5.74, 6) is 1.29. The summed E-state index contributed by atoms with van der Waals surface area (Å²) < 4.78 is 32.6. The van der Waals surface area contributed by atoms with E-state index in [-0.39, 0.29) is 10.4 Å². The predicted octanol–water partition coefficient (Wildman–Crippen LogP) is 1.85. The van der Waals surface area contributed by atoms with Gasteiger partial charge in [0.15, 0.2) is 0 Å². The highest BCUT2D eigenvalue weighted by Gasteiger charge is 2.20. The molecule has 2 aromatic rings. The third-order valence-corrected chi connectivity index (χ3v) is 5.97. The Morgan fingerprint density at radius 1 is 1.20 bits per heavy atom. The fourth-order valence-corrected chi connectivity index (χ4v) is 3.68. The average molecular weight is 386 g/mol. The molecule has 0 saturated carbocycles. The summed E-state index contributed by atoms with van der Waals surface area (Å²) in [6.07, 6.45) is 0. The number of ether oxygens (including phenoxy) is 1. The van der Waals surface area contributed by atoms with Crippen LogP contribution < -0.4 is 4.74 Å². The second-order valence-corrected chi connectivity index (χ2v) is 9.71. The molecule has 0 fully saturated rings. The van der Waals surface area contributed by atoms with Crippen LogP contribution in [0.3, 0.4) is 0 Å². The van der Waals surface area contributed by atoms with E-state index in [1.807, 2.05) is 20.8 Å². The molecule has 2 rings (SSSR count). The molecular weight excluding hydrogens is 362 g/mol. The van der Waals surface area contributed by atoms with Crippen LogP contribution >= 0.6 is 11.8 Å². The summed E-state index contributed by atoms with van der Waals surface area (Å²) >= 11 is 1.51. The van der Waals surface area contributed by atoms with Crippen molar-refractivity contribution in [3.05, 3.63) is 24.3 Å². The molecule has 0 amide bonds. The van der Waals surface area contributed by atoms with Gasteiger partial charge in [0.05, 0.1) is 17.0 Å². The van der Waals surface area contributed by atoms with Gasteiger partial charge in [-0.15, -0.1) is 5.10 Å². The largest absolute Gasteiger partial charge is 0.493 e.